The van der Waals surface area contributed by atoms with Crippen molar-refractivity contribution in [3.8, 4) is 11.5 Å². The molecule has 0 unspecified atom stereocenters. The van der Waals surface area contributed by atoms with Crippen LogP contribution in [0.4, 0.5) is 17.6 Å². The molecule has 1 aliphatic rings. The summed E-state index contributed by atoms with van der Waals surface area (Å²) in [6.45, 7) is 4.21. The number of para-hydroxylation sites is 2. The molecule has 2 aromatic heterocycles. The molecule has 29 heavy (non-hydrogen) atoms. The normalized spacial score (nSPS) is 16.3. The van der Waals surface area contributed by atoms with E-state index in [2.05, 4.69) is 36.3 Å². The Hall–Kier alpha value is -3.42. The second-order valence-corrected chi connectivity index (χ2v) is 6.60. The van der Waals surface area contributed by atoms with Crippen molar-refractivity contribution < 1.29 is 9.47 Å². The minimum atomic E-state index is 0.0517. The molecule has 0 spiro atoms. The topological polar surface area (TPSA) is 85.3 Å². The van der Waals surface area contributed by atoms with Crippen molar-refractivity contribution in [2.75, 3.05) is 29.9 Å². The van der Waals surface area contributed by atoms with Gasteiger partial charge >= 0.3 is 0 Å². The molecule has 1 aliphatic heterocycles. The van der Waals surface area contributed by atoms with Crippen LogP contribution in [0.15, 0.2) is 48.9 Å². The quantitative estimate of drug-likeness (QED) is 0.657. The fourth-order valence-electron chi connectivity index (χ4n) is 3.26. The molecule has 3 aromatic rings. The Morgan fingerprint density at radius 2 is 2.14 bits per heavy atom. The van der Waals surface area contributed by atoms with Crippen LogP contribution in [0.3, 0.4) is 0 Å². The van der Waals surface area contributed by atoms with Gasteiger partial charge in [-0.25, -0.2) is 15.0 Å². The summed E-state index contributed by atoms with van der Waals surface area (Å²) in [6.07, 6.45) is 9.82. The van der Waals surface area contributed by atoms with E-state index in [1.807, 2.05) is 31.2 Å². The number of rotatable bonds is 7. The number of nitrogens with zero attached hydrogens (tertiary/aromatic N) is 5. The van der Waals surface area contributed by atoms with Gasteiger partial charge in [0.15, 0.2) is 17.3 Å². The first kappa shape index (κ1) is 18.9. The predicted octanol–water partition coefficient (Wildman–Crippen LogP) is 3.26. The lowest BCUT2D eigenvalue weighted by atomic mass is 10.1. The Morgan fingerprint density at radius 3 is 2.97 bits per heavy atom. The Labute approximate surface area is 170 Å². The monoisotopic (exact) mass is 391 g/mol. The largest absolute Gasteiger partial charge is 0.490 e. The minimum absolute atomic E-state index is 0.0517. The number of hydrogen-bond donors (Lipinski definition) is 1. The Balaban J connectivity index is 1.44. The zero-order valence-corrected chi connectivity index (χ0v) is 16.3. The molecule has 0 aliphatic carbocycles. The average Bonchev–Trinajstić information content (AvgIpc) is 2.76. The number of anilines is 3. The van der Waals surface area contributed by atoms with Crippen molar-refractivity contribution in [1.82, 2.24) is 19.9 Å². The van der Waals surface area contributed by atoms with E-state index in [0.717, 1.165) is 43.2 Å². The van der Waals surface area contributed by atoms with Crippen molar-refractivity contribution in [2.24, 2.45) is 0 Å². The summed E-state index contributed by atoms with van der Waals surface area (Å²) in [4.78, 5) is 19.3. The summed E-state index contributed by atoms with van der Waals surface area (Å²) in [5.74, 6) is 3.37. The summed E-state index contributed by atoms with van der Waals surface area (Å²) >= 11 is 0. The van der Waals surface area contributed by atoms with E-state index in [-0.39, 0.29) is 6.10 Å². The molecule has 8 heteroatoms. The van der Waals surface area contributed by atoms with Crippen molar-refractivity contribution >= 4 is 17.6 Å². The molecule has 8 nitrogen and oxygen atoms in total. The third kappa shape index (κ3) is 4.90. The van der Waals surface area contributed by atoms with Gasteiger partial charge in [0.1, 0.15) is 11.9 Å². The predicted molar refractivity (Wildman–Crippen MR) is 110 cm³/mol. The molecular formula is C21H23N6O2. The number of piperidine rings is 1. The highest BCUT2D eigenvalue weighted by atomic mass is 16.5. The number of hydrogen-bond acceptors (Lipinski definition) is 8. The highest BCUT2D eigenvalue weighted by molar-refractivity contribution is 5.50. The Bertz CT molecular complexity index is 924. The van der Waals surface area contributed by atoms with Crippen LogP contribution in [0.2, 0.25) is 0 Å². The summed E-state index contributed by atoms with van der Waals surface area (Å²) in [7, 11) is 0. The van der Waals surface area contributed by atoms with Crippen LogP contribution in [0.25, 0.3) is 0 Å². The van der Waals surface area contributed by atoms with E-state index in [4.69, 9.17) is 9.47 Å². The lowest BCUT2D eigenvalue weighted by Crippen LogP contribution is -2.41. The number of benzene rings is 1. The molecule has 1 aromatic carbocycles. The second kappa shape index (κ2) is 9.18. The third-order valence-electron chi connectivity index (χ3n) is 4.52. The maximum Gasteiger partial charge on any atom is 0.228 e. The fraction of sp³-hybridized carbons (Fsp3) is 0.333. The van der Waals surface area contributed by atoms with Crippen molar-refractivity contribution in [1.29, 1.82) is 0 Å². The number of aromatic nitrogens is 4. The zero-order chi connectivity index (χ0) is 19.9. The van der Waals surface area contributed by atoms with Gasteiger partial charge in [-0.15, -0.1) is 0 Å². The maximum absolute atomic E-state index is 6.26. The van der Waals surface area contributed by atoms with Crippen LogP contribution < -0.4 is 19.7 Å². The standard InChI is InChI=1S/C21H23N6O2/c1-2-28-17-8-3-4-9-18(17)29-16-7-5-12-27(15-16)20-14-22-13-19(25-20)26-21-23-10-6-11-24-21/h3-4,6,8-10,13-14,16H,2,5,7,12,15H2,1H3,(H,23,24,25,26)/t16-/m1/s1. The van der Waals surface area contributed by atoms with E-state index >= 15 is 0 Å². The molecule has 1 saturated heterocycles. The van der Waals surface area contributed by atoms with Gasteiger partial charge in [-0.2, -0.15) is 0 Å². The van der Waals surface area contributed by atoms with Crippen LogP contribution in [0, 0.1) is 6.20 Å². The van der Waals surface area contributed by atoms with E-state index in [9.17, 15) is 0 Å². The molecule has 1 atom stereocenters. The molecule has 3 heterocycles. The summed E-state index contributed by atoms with van der Waals surface area (Å²) in [5.41, 5.74) is 0. The molecule has 0 amide bonds. The molecule has 1 fully saturated rings. The van der Waals surface area contributed by atoms with Crippen molar-refractivity contribution in [3.05, 3.63) is 55.1 Å². The first-order valence-electron chi connectivity index (χ1n) is 9.73. The lowest BCUT2D eigenvalue weighted by molar-refractivity contribution is 0.170. The van der Waals surface area contributed by atoms with Gasteiger partial charge in [0.05, 0.1) is 31.7 Å². The summed E-state index contributed by atoms with van der Waals surface area (Å²) in [6, 6.07) is 9.44. The molecule has 0 bridgehead atoms. The average molecular weight is 391 g/mol. The summed E-state index contributed by atoms with van der Waals surface area (Å²) in [5, 5.41) is 3.05. The highest BCUT2D eigenvalue weighted by Gasteiger charge is 2.23. The van der Waals surface area contributed by atoms with Crippen LogP contribution in [0.1, 0.15) is 19.8 Å². The first-order valence-corrected chi connectivity index (χ1v) is 9.73. The van der Waals surface area contributed by atoms with Gasteiger partial charge < -0.3 is 19.7 Å². The van der Waals surface area contributed by atoms with Gasteiger partial charge in [-0.05, 0) is 38.0 Å². The molecule has 149 valence electrons. The van der Waals surface area contributed by atoms with Crippen molar-refractivity contribution in [3.63, 3.8) is 0 Å². The van der Waals surface area contributed by atoms with E-state index in [1.54, 1.807) is 24.7 Å². The van der Waals surface area contributed by atoms with Gasteiger partial charge in [0.25, 0.3) is 0 Å². The molecule has 1 radical (unpaired) electrons. The Kier molecular flexibility index (Phi) is 5.99. The van der Waals surface area contributed by atoms with E-state index in [0.29, 0.717) is 18.4 Å². The third-order valence-corrected chi connectivity index (χ3v) is 4.52. The SMILES string of the molecule is CCOc1ccccc1O[C@@H]1CCCN(c2cncc(Nc3n[c]ccn3)n2)C1. The molecular weight excluding hydrogens is 368 g/mol. The summed E-state index contributed by atoms with van der Waals surface area (Å²) < 4.78 is 11.9. The van der Waals surface area contributed by atoms with E-state index in [1.165, 1.54) is 0 Å². The number of ether oxygens (including phenoxy) is 2. The molecule has 1 N–H and O–H groups in total. The smallest absolute Gasteiger partial charge is 0.228 e. The van der Waals surface area contributed by atoms with Gasteiger partial charge in [0.2, 0.25) is 5.95 Å². The van der Waals surface area contributed by atoms with Crippen molar-refractivity contribution in [2.45, 2.75) is 25.9 Å². The van der Waals surface area contributed by atoms with Crippen LogP contribution in [-0.2, 0) is 0 Å². The van der Waals surface area contributed by atoms with Crippen LogP contribution >= 0.6 is 0 Å². The maximum atomic E-state index is 6.26. The van der Waals surface area contributed by atoms with Crippen LogP contribution in [0.5, 0.6) is 11.5 Å². The lowest BCUT2D eigenvalue weighted by Gasteiger charge is -2.33. The van der Waals surface area contributed by atoms with Crippen LogP contribution in [-0.4, -0.2) is 45.7 Å². The van der Waals surface area contributed by atoms with Gasteiger partial charge in [-0.1, -0.05) is 12.1 Å². The zero-order valence-electron chi connectivity index (χ0n) is 16.3. The van der Waals surface area contributed by atoms with E-state index < -0.39 is 0 Å². The molecule has 4 rings (SSSR count). The minimum Gasteiger partial charge on any atom is -0.490 e. The fourth-order valence-corrected chi connectivity index (χ4v) is 3.26. The van der Waals surface area contributed by atoms with Gasteiger partial charge in [-0.3, -0.25) is 4.98 Å². The second-order valence-electron chi connectivity index (χ2n) is 6.60. The number of nitrogens with one attached hydrogen (secondary N) is 1. The Morgan fingerprint density at radius 1 is 1.24 bits per heavy atom. The van der Waals surface area contributed by atoms with Gasteiger partial charge in [0, 0.05) is 12.7 Å². The molecule has 0 saturated carbocycles. The first-order chi connectivity index (χ1) is 14.3. The highest BCUT2D eigenvalue weighted by Crippen LogP contribution is 2.30.